The first-order chi connectivity index (χ1) is 15.1. The highest BCUT2D eigenvalue weighted by Crippen LogP contribution is 2.31. The van der Waals surface area contributed by atoms with E-state index in [1.807, 2.05) is 6.07 Å². The second-order valence-electron chi connectivity index (χ2n) is 7.55. The first-order valence-electron chi connectivity index (χ1n) is 9.97. The molecule has 0 N–H and O–H groups in total. The van der Waals surface area contributed by atoms with Gasteiger partial charge in [-0.15, -0.1) is 0 Å². The van der Waals surface area contributed by atoms with Crippen molar-refractivity contribution in [2.24, 2.45) is 0 Å². The fourth-order valence-corrected chi connectivity index (χ4v) is 5.81. The molecule has 2 atom stereocenters. The molecule has 174 valence electrons. The lowest BCUT2D eigenvalue weighted by Crippen LogP contribution is -2.46. The van der Waals surface area contributed by atoms with Crippen LogP contribution >= 0.6 is 23.2 Å². The van der Waals surface area contributed by atoms with Crippen molar-refractivity contribution >= 4 is 38.9 Å². The lowest BCUT2D eigenvalue weighted by Gasteiger charge is -2.31. The van der Waals surface area contributed by atoms with Gasteiger partial charge in [0.15, 0.2) is 27.4 Å². The molecule has 1 aliphatic heterocycles. The Balaban J connectivity index is 1.86. The molecular weight excluding hydrogens is 477 g/mol. The topological polar surface area (TPSA) is 82.1 Å². The van der Waals surface area contributed by atoms with Gasteiger partial charge in [-0.2, -0.15) is 0 Å². The lowest BCUT2D eigenvalue weighted by molar-refractivity contribution is -0.140. The number of sulfone groups is 1. The van der Waals surface area contributed by atoms with E-state index in [0.29, 0.717) is 28.7 Å². The van der Waals surface area contributed by atoms with Crippen molar-refractivity contribution in [3.63, 3.8) is 0 Å². The zero-order chi connectivity index (χ0) is 23.5. The van der Waals surface area contributed by atoms with Crippen LogP contribution in [0, 0.1) is 0 Å². The molecule has 2 aromatic rings. The minimum Gasteiger partial charge on any atom is -0.493 e. The van der Waals surface area contributed by atoms with Crippen LogP contribution in [0.25, 0.3) is 0 Å². The van der Waals surface area contributed by atoms with Gasteiger partial charge in [-0.05, 0) is 49.2 Å². The maximum Gasteiger partial charge on any atom is 0.263 e. The summed E-state index contributed by atoms with van der Waals surface area (Å²) in [4.78, 5) is 14.9. The third kappa shape index (κ3) is 5.79. The molecule has 0 spiro atoms. The zero-order valence-corrected chi connectivity index (χ0v) is 20.3. The summed E-state index contributed by atoms with van der Waals surface area (Å²) in [5.74, 6) is 1.03. The van der Waals surface area contributed by atoms with E-state index >= 15 is 0 Å². The normalized spacial score (nSPS) is 18.1. The fraction of sp³-hybridized carbons (Fsp3) is 0.409. The van der Waals surface area contributed by atoms with Crippen LogP contribution < -0.4 is 14.2 Å². The maximum absolute atomic E-state index is 13.4. The average molecular weight is 502 g/mol. The van der Waals surface area contributed by atoms with Gasteiger partial charge in [0.1, 0.15) is 5.75 Å². The van der Waals surface area contributed by atoms with E-state index in [1.54, 1.807) is 36.1 Å². The van der Waals surface area contributed by atoms with E-state index in [2.05, 4.69) is 0 Å². The molecule has 3 rings (SSSR count). The van der Waals surface area contributed by atoms with Gasteiger partial charge in [0.05, 0.1) is 30.7 Å². The zero-order valence-electron chi connectivity index (χ0n) is 18.0. The molecular formula is C22H25Cl2NO6S. The standard InChI is InChI=1S/C22H25Cl2NO6S/c1-14(31-19-7-5-16(23)11-18(19)24)22(26)25(17-8-9-32(27,28)13-17)12-15-4-6-20(29-2)21(10-15)30-3/h4-7,10-11,14,17H,8-9,12-13H2,1-3H3. The van der Waals surface area contributed by atoms with Gasteiger partial charge in [0.2, 0.25) is 0 Å². The molecule has 2 unspecified atom stereocenters. The maximum atomic E-state index is 13.4. The highest BCUT2D eigenvalue weighted by Gasteiger charge is 2.37. The van der Waals surface area contributed by atoms with Crippen molar-refractivity contribution < 1.29 is 27.4 Å². The number of ether oxygens (including phenoxy) is 3. The van der Waals surface area contributed by atoms with E-state index in [9.17, 15) is 13.2 Å². The van der Waals surface area contributed by atoms with Crippen molar-refractivity contribution in [3.05, 3.63) is 52.0 Å². The largest absolute Gasteiger partial charge is 0.493 e. The molecule has 32 heavy (non-hydrogen) atoms. The Kier molecular flexibility index (Phi) is 7.79. The number of rotatable bonds is 8. The van der Waals surface area contributed by atoms with Crippen LogP contribution in [0.4, 0.5) is 0 Å². The molecule has 1 fully saturated rings. The molecule has 0 radical (unpaired) electrons. The molecule has 2 aromatic carbocycles. The van der Waals surface area contributed by atoms with E-state index in [4.69, 9.17) is 37.4 Å². The third-order valence-corrected chi connectivity index (χ3v) is 7.56. The number of hydrogen-bond donors (Lipinski definition) is 0. The van der Waals surface area contributed by atoms with Gasteiger partial charge in [-0.1, -0.05) is 29.3 Å². The Morgan fingerprint density at radius 1 is 1.09 bits per heavy atom. The summed E-state index contributed by atoms with van der Waals surface area (Å²) in [6.45, 7) is 1.81. The van der Waals surface area contributed by atoms with Gasteiger partial charge >= 0.3 is 0 Å². The first-order valence-corrected chi connectivity index (χ1v) is 12.5. The predicted octanol–water partition coefficient (Wildman–Crippen LogP) is 3.99. The van der Waals surface area contributed by atoms with Crippen molar-refractivity contribution in [2.45, 2.75) is 32.0 Å². The SMILES string of the molecule is COc1ccc(CN(C(=O)C(C)Oc2ccc(Cl)cc2Cl)C2CCS(=O)(=O)C2)cc1OC. The van der Waals surface area contributed by atoms with Crippen LogP contribution in [-0.4, -0.2) is 57.1 Å². The number of carbonyl (C=O) groups excluding carboxylic acids is 1. The number of methoxy groups -OCH3 is 2. The molecule has 1 saturated heterocycles. The van der Waals surface area contributed by atoms with Crippen molar-refractivity contribution in [1.29, 1.82) is 0 Å². The highest BCUT2D eigenvalue weighted by molar-refractivity contribution is 7.91. The fourth-order valence-electron chi connectivity index (χ4n) is 3.63. The third-order valence-electron chi connectivity index (χ3n) is 5.28. The molecule has 1 amide bonds. The summed E-state index contributed by atoms with van der Waals surface area (Å²) in [6.07, 6.45) is -0.521. The summed E-state index contributed by atoms with van der Waals surface area (Å²) in [6, 6.07) is 9.61. The molecule has 1 aliphatic rings. The van der Waals surface area contributed by atoms with E-state index in [1.165, 1.54) is 20.3 Å². The summed E-state index contributed by atoms with van der Waals surface area (Å²) in [5.41, 5.74) is 0.775. The summed E-state index contributed by atoms with van der Waals surface area (Å²) in [7, 11) is -0.134. The molecule has 10 heteroatoms. The molecule has 0 saturated carbocycles. The van der Waals surface area contributed by atoms with E-state index < -0.39 is 22.0 Å². The minimum atomic E-state index is -3.20. The smallest absolute Gasteiger partial charge is 0.263 e. The number of benzene rings is 2. The van der Waals surface area contributed by atoms with Crippen molar-refractivity contribution in [3.8, 4) is 17.2 Å². The molecule has 0 bridgehead atoms. The van der Waals surface area contributed by atoms with Gasteiger partial charge < -0.3 is 19.1 Å². The number of amides is 1. The van der Waals surface area contributed by atoms with Crippen LogP contribution in [0.1, 0.15) is 18.9 Å². The molecule has 7 nitrogen and oxygen atoms in total. The van der Waals surface area contributed by atoms with Crippen LogP contribution in [0.5, 0.6) is 17.2 Å². The average Bonchev–Trinajstić information content (AvgIpc) is 3.12. The Morgan fingerprint density at radius 3 is 2.38 bits per heavy atom. The van der Waals surface area contributed by atoms with Crippen molar-refractivity contribution in [2.75, 3.05) is 25.7 Å². The van der Waals surface area contributed by atoms with Crippen LogP contribution in [0.15, 0.2) is 36.4 Å². The minimum absolute atomic E-state index is 0.0473. The van der Waals surface area contributed by atoms with E-state index in [-0.39, 0.29) is 29.0 Å². The van der Waals surface area contributed by atoms with Crippen molar-refractivity contribution in [1.82, 2.24) is 4.90 Å². The summed E-state index contributed by atoms with van der Waals surface area (Å²) < 4.78 is 40.6. The number of nitrogens with zero attached hydrogens (tertiary/aromatic N) is 1. The number of halogens is 2. The summed E-state index contributed by atoms with van der Waals surface area (Å²) >= 11 is 12.1. The van der Waals surface area contributed by atoms with E-state index in [0.717, 1.165) is 5.56 Å². The van der Waals surface area contributed by atoms with Crippen LogP contribution in [-0.2, 0) is 21.2 Å². The Labute approximate surface area is 198 Å². The first kappa shape index (κ1) is 24.5. The monoisotopic (exact) mass is 501 g/mol. The summed E-state index contributed by atoms with van der Waals surface area (Å²) in [5, 5.41) is 0.736. The Hall–Kier alpha value is -2.16. The van der Waals surface area contributed by atoms with Crippen LogP contribution in [0.2, 0.25) is 10.0 Å². The molecule has 0 aliphatic carbocycles. The molecule has 0 aromatic heterocycles. The van der Waals surface area contributed by atoms with Gasteiger partial charge in [0.25, 0.3) is 5.91 Å². The van der Waals surface area contributed by atoms with Gasteiger partial charge in [-0.25, -0.2) is 8.42 Å². The van der Waals surface area contributed by atoms with Crippen LogP contribution in [0.3, 0.4) is 0 Å². The molecule has 1 heterocycles. The highest BCUT2D eigenvalue weighted by atomic mass is 35.5. The Bertz CT molecular complexity index is 1090. The second kappa shape index (κ2) is 10.2. The number of hydrogen-bond acceptors (Lipinski definition) is 6. The number of carbonyl (C=O) groups is 1. The quantitative estimate of drug-likeness (QED) is 0.543. The second-order valence-corrected chi connectivity index (χ2v) is 10.6. The lowest BCUT2D eigenvalue weighted by atomic mass is 10.1. The predicted molar refractivity (Wildman–Crippen MR) is 124 cm³/mol. The van der Waals surface area contributed by atoms with Gasteiger partial charge in [0, 0.05) is 17.6 Å². The Morgan fingerprint density at radius 2 is 1.78 bits per heavy atom. The van der Waals surface area contributed by atoms with Gasteiger partial charge in [-0.3, -0.25) is 4.79 Å².